The molecule has 1 atom stereocenters. The van der Waals surface area contributed by atoms with Gasteiger partial charge in [-0.1, -0.05) is 13.2 Å². The maximum Gasteiger partial charge on any atom is 0.304 e. The van der Waals surface area contributed by atoms with Gasteiger partial charge in [0.05, 0.1) is 58.3 Å². The van der Waals surface area contributed by atoms with Gasteiger partial charge in [0.1, 0.15) is 18.0 Å². The van der Waals surface area contributed by atoms with Gasteiger partial charge in [-0.15, -0.1) is 10.2 Å². The maximum atomic E-state index is 12.0. The van der Waals surface area contributed by atoms with Gasteiger partial charge in [0.25, 0.3) is 5.69 Å². The highest BCUT2D eigenvalue weighted by Gasteiger charge is 2.24. The van der Waals surface area contributed by atoms with Crippen molar-refractivity contribution in [3.8, 4) is 5.75 Å². The zero-order chi connectivity index (χ0) is 29.8. The van der Waals surface area contributed by atoms with Crippen molar-refractivity contribution in [3.63, 3.8) is 0 Å². The lowest BCUT2D eigenvalue weighted by atomic mass is 10.2. The summed E-state index contributed by atoms with van der Waals surface area (Å²) in [5, 5.41) is 43.0. The standard InChI is InChI=1S/C24H27BrN6O9/c1-5-23(33)40-10-8-29(7-9-39-6-2)20-13-18(26-15(3)32)19(14-22(20)38-4)27-28-24-17(25)11-16(30(34)35)12-21(24)31(36)37/h5-6,11-14,23,33H,1-2,7-10H2,3-4H3,(H,26,32). The number of ether oxygens (including phenoxy) is 3. The summed E-state index contributed by atoms with van der Waals surface area (Å²) >= 11 is 3.08. The number of anilines is 2. The van der Waals surface area contributed by atoms with Gasteiger partial charge >= 0.3 is 5.69 Å². The van der Waals surface area contributed by atoms with Gasteiger partial charge in [0.15, 0.2) is 12.0 Å². The van der Waals surface area contributed by atoms with Crippen LogP contribution in [0.1, 0.15) is 6.92 Å². The van der Waals surface area contributed by atoms with Gasteiger partial charge in [0.2, 0.25) is 5.91 Å². The minimum atomic E-state index is -1.16. The first kappa shape index (κ1) is 31.8. The van der Waals surface area contributed by atoms with Gasteiger partial charge in [-0.25, -0.2) is 0 Å². The van der Waals surface area contributed by atoms with E-state index in [4.69, 9.17) is 14.2 Å². The molecule has 1 amide bonds. The molecule has 0 aliphatic carbocycles. The first-order valence-corrected chi connectivity index (χ1v) is 12.2. The van der Waals surface area contributed by atoms with Crippen molar-refractivity contribution in [1.29, 1.82) is 0 Å². The van der Waals surface area contributed by atoms with E-state index >= 15 is 0 Å². The molecule has 0 aliphatic rings. The molecule has 0 saturated carbocycles. The number of nitro groups is 2. The Labute approximate surface area is 237 Å². The third-order valence-electron chi connectivity index (χ3n) is 5.09. The van der Waals surface area contributed by atoms with E-state index in [1.54, 1.807) is 6.07 Å². The third kappa shape index (κ3) is 8.82. The lowest BCUT2D eigenvalue weighted by Crippen LogP contribution is -2.32. The lowest BCUT2D eigenvalue weighted by molar-refractivity contribution is -0.393. The Bertz CT molecular complexity index is 1300. The number of carbonyl (C=O) groups excluding carboxylic acids is 1. The number of aliphatic hydroxyl groups excluding tert-OH is 1. The van der Waals surface area contributed by atoms with Crippen molar-refractivity contribution in [3.05, 3.63) is 74.5 Å². The topological polar surface area (TPSA) is 191 Å². The van der Waals surface area contributed by atoms with Crippen molar-refractivity contribution >= 4 is 56.0 Å². The first-order chi connectivity index (χ1) is 19.0. The van der Waals surface area contributed by atoms with Gasteiger partial charge in [-0.2, -0.15) is 0 Å². The van der Waals surface area contributed by atoms with Crippen LogP contribution in [0.5, 0.6) is 5.75 Å². The van der Waals surface area contributed by atoms with E-state index in [-0.39, 0.29) is 41.3 Å². The molecule has 1 unspecified atom stereocenters. The molecule has 2 aromatic rings. The second kappa shape index (κ2) is 15.2. The average molecular weight is 623 g/mol. The SMILES string of the molecule is C=COCCN(CCOC(O)C=C)c1cc(NC(C)=O)c(N=Nc2c(Br)cc([N+](=O)[O-])cc2[N+](=O)[O-])cc1OC. The van der Waals surface area contributed by atoms with E-state index in [0.29, 0.717) is 18.0 Å². The van der Waals surface area contributed by atoms with E-state index in [9.17, 15) is 30.1 Å². The molecule has 0 bridgehead atoms. The van der Waals surface area contributed by atoms with Gasteiger partial charge in [-0.05, 0) is 28.1 Å². The summed E-state index contributed by atoms with van der Waals surface area (Å²) < 4.78 is 16.0. The summed E-state index contributed by atoms with van der Waals surface area (Å²) in [4.78, 5) is 34.9. The van der Waals surface area contributed by atoms with Crippen molar-refractivity contribution in [2.24, 2.45) is 10.2 Å². The Balaban J connectivity index is 2.60. The highest BCUT2D eigenvalue weighted by atomic mass is 79.9. The number of hydrogen-bond donors (Lipinski definition) is 2. The highest BCUT2D eigenvalue weighted by molar-refractivity contribution is 9.10. The minimum absolute atomic E-state index is 0.0306. The van der Waals surface area contributed by atoms with Crippen molar-refractivity contribution in [2.75, 3.05) is 43.6 Å². The number of nitro benzene ring substituents is 2. The quantitative estimate of drug-likeness (QED) is 0.0482. The number of halogens is 1. The highest BCUT2D eigenvalue weighted by Crippen LogP contribution is 2.43. The Kier molecular flexibility index (Phi) is 12.1. The number of carbonyl (C=O) groups is 1. The number of nitrogens with one attached hydrogen (secondary N) is 1. The molecule has 0 aromatic heterocycles. The average Bonchev–Trinajstić information content (AvgIpc) is 2.90. The molecular formula is C24H27BrN6O9. The fourth-order valence-corrected chi connectivity index (χ4v) is 3.83. The van der Waals surface area contributed by atoms with Crippen LogP contribution < -0.4 is 15.0 Å². The molecule has 214 valence electrons. The van der Waals surface area contributed by atoms with E-state index in [1.165, 1.54) is 32.4 Å². The van der Waals surface area contributed by atoms with Crippen LogP contribution in [0.15, 0.2) is 64.5 Å². The molecule has 0 heterocycles. The van der Waals surface area contributed by atoms with Crippen LogP contribution >= 0.6 is 15.9 Å². The number of azo groups is 1. The Morgan fingerprint density at radius 1 is 1.18 bits per heavy atom. The number of nitrogens with zero attached hydrogens (tertiary/aromatic N) is 5. The molecule has 2 N–H and O–H groups in total. The molecule has 0 aliphatic heterocycles. The predicted molar refractivity (Wildman–Crippen MR) is 149 cm³/mol. The minimum Gasteiger partial charge on any atom is -0.500 e. The van der Waals surface area contributed by atoms with Crippen LogP contribution in [0.25, 0.3) is 0 Å². The normalized spacial score (nSPS) is 11.5. The summed E-state index contributed by atoms with van der Waals surface area (Å²) in [6.45, 7) is 9.19. The number of methoxy groups -OCH3 is 1. The zero-order valence-corrected chi connectivity index (χ0v) is 23.2. The number of rotatable bonds is 16. The zero-order valence-electron chi connectivity index (χ0n) is 21.6. The molecule has 2 aromatic carbocycles. The second-order valence-electron chi connectivity index (χ2n) is 7.75. The van der Waals surface area contributed by atoms with Crippen LogP contribution in [0, 0.1) is 20.2 Å². The smallest absolute Gasteiger partial charge is 0.304 e. The summed E-state index contributed by atoms with van der Waals surface area (Å²) in [5.41, 5.74) is -0.659. The number of hydrogen-bond acceptors (Lipinski definition) is 12. The monoisotopic (exact) mass is 622 g/mol. The van der Waals surface area contributed by atoms with E-state index in [2.05, 4.69) is 44.6 Å². The first-order valence-electron chi connectivity index (χ1n) is 11.5. The van der Waals surface area contributed by atoms with Crippen LogP contribution in [0.3, 0.4) is 0 Å². The molecule has 16 heteroatoms. The largest absolute Gasteiger partial charge is 0.500 e. The molecular weight excluding hydrogens is 596 g/mol. The molecule has 0 spiro atoms. The maximum absolute atomic E-state index is 12.0. The number of non-ortho nitro benzene ring substituents is 1. The van der Waals surface area contributed by atoms with Gasteiger partial charge < -0.3 is 29.5 Å². The van der Waals surface area contributed by atoms with Crippen molar-refractivity contribution in [2.45, 2.75) is 13.2 Å². The van der Waals surface area contributed by atoms with Gasteiger partial charge in [0, 0.05) is 25.6 Å². The van der Waals surface area contributed by atoms with Crippen LogP contribution in [-0.2, 0) is 14.3 Å². The Morgan fingerprint density at radius 2 is 1.88 bits per heavy atom. The molecule has 0 saturated heterocycles. The molecule has 0 radical (unpaired) electrons. The fourth-order valence-electron chi connectivity index (χ4n) is 3.31. The van der Waals surface area contributed by atoms with Crippen molar-refractivity contribution in [1.82, 2.24) is 0 Å². The molecule has 2 rings (SSSR count). The third-order valence-corrected chi connectivity index (χ3v) is 5.69. The van der Waals surface area contributed by atoms with Crippen LogP contribution in [-0.4, -0.2) is 60.6 Å². The summed E-state index contributed by atoms with van der Waals surface area (Å²) in [7, 11) is 1.41. The summed E-state index contributed by atoms with van der Waals surface area (Å²) in [6, 6.07) is 4.85. The van der Waals surface area contributed by atoms with Crippen LogP contribution in [0.2, 0.25) is 0 Å². The number of aliphatic hydroxyl groups is 1. The van der Waals surface area contributed by atoms with Crippen molar-refractivity contribution < 1.29 is 34.0 Å². The molecule has 15 nitrogen and oxygen atoms in total. The van der Waals surface area contributed by atoms with E-state index < -0.39 is 33.4 Å². The summed E-state index contributed by atoms with van der Waals surface area (Å²) in [5.74, 6) is -0.141. The predicted octanol–water partition coefficient (Wildman–Crippen LogP) is 5.14. The van der Waals surface area contributed by atoms with E-state index in [1.807, 2.05) is 4.90 Å². The van der Waals surface area contributed by atoms with Crippen LogP contribution in [0.4, 0.5) is 34.1 Å². The fraction of sp³-hybridized carbons (Fsp3) is 0.292. The number of amides is 1. The molecule has 0 fully saturated rings. The Morgan fingerprint density at radius 3 is 2.45 bits per heavy atom. The number of benzene rings is 2. The lowest BCUT2D eigenvalue weighted by Gasteiger charge is -2.27. The Hall–Kier alpha value is -4.41. The van der Waals surface area contributed by atoms with Gasteiger partial charge in [-0.3, -0.25) is 25.0 Å². The van der Waals surface area contributed by atoms with E-state index in [0.717, 1.165) is 12.1 Å². The summed E-state index contributed by atoms with van der Waals surface area (Å²) in [6.07, 6.45) is 1.36. The second-order valence-corrected chi connectivity index (χ2v) is 8.61. The molecule has 40 heavy (non-hydrogen) atoms.